The van der Waals surface area contributed by atoms with Gasteiger partial charge in [-0.2, -0.15) is 0 Å². The summed E-state index contributed by atoms with van der Waals surface area (Å²) in [4.78, 5) is 15.2. The van der Waals surface area contributed by atoms with E-state index < -0.39 is 5.97 Å². The van der Waals surface area contributed by atoms with Crippen LogP contribution < -0.4 is 9.47 Å². The van der Waals surface area contributed by atoms with Gasteiger partial charge in [-0.3, -0.25) is 4.79 Å². The summed E-state index contributed by atoms with van der Waals surface area (Å²) in [5, 5.41) is 11.4. The molecule has 0 aliphatic heterocycles. The largest absolute Gasteiger partial charge is 0.490 e. The SMILES string of the molecule is CCCCCOc1ccc(-c2nc(CC(=O)O)cs2)cc1OCC. The van der Waals surface area contributed by atoms with Crippen molar-refractivity contribution in [3.8, 4) is 22.1 Å². The van der Waals surface area contributed by atoms with Crippen LogP contribution in [0.1, 0.15) is 38.8 Å². The molecular weight excluding hydrogens is 326 g/mol. The standard InChI is InChI=1S/C18H23NO4S/c1-3-5-6-9-23-15-8-7-13(10-16(15)22-4-2)18-19-14(12-24-18)11-17(20)21/h7-8,10,12H,3-6,9,11H2,1-2H3,(H,20,21). The number of unbranched alkanes of at least 4 members (excludes halogenated alkanes) is 2. The van der Waals surface area contributed by atoms with Gasteiger partial charge in [0.25, 0.3) is 0 Å². The molecule has 24 heavy (non-hydrogen) atoms. The molecule has 0 spiro atoms. The quantitative estimate of drug-likeness (QED) is 0.644. The molecule has 0 saturated heterocycles. The summed E-state index contributed by atoms with van der Waals surface area (Å²) in [5.74, 6) is 0.554. The van der Waals surface area contributed by atoms with Crippen molar-refractivity contribution in [1.82, 2.24) is 4.98 Å². The second-order valence-corrected chi connectivity index (χ2v) is 6.22. The molecule has 0 atom stereocenters. The Bertz CT molecular complexity index is 669. The summed E-state index contributed by atoms with van der Waals surface area (Å²) in [5.41, 5.74) is 1.47. The van der Waals surface area contributed by atoms with Crippen LogP contribution in [0.5, 0.6) is 11.5 Å². The summed E-state index contributed by atoms with van der Waals surface area (Å²) in [6.07, 6.45) is 3.26. The van der Waals surface area contributed by atoms with Crippen LogP contribution in [0.4, 0.5) is 0 Å². The number of carboxylic acids is 1. The highest BCUT2D eigenvalue weighted by molar-refractivity contribution is 7.13. The van der Waals surface area contributed by atoms with Gasteiger partial charge in [-0.25, -0.2) is 4.98 Å². The van der Waals surface area contributed by atoms with Crippen LogP contribution in [0.2, 0.25) is 0 Å². The van der Waals surface area contributed by atoms with Crippen LogP contribution in [0, 0.1) is 0 Å². The van der Waals surface area contributed by atoms with Crippen LogP contribution in [0.25, 0.3) is 10.6 Å². The molecule has 2 rings (SSSR count). The molecule has 1 aromatic heterocycles. The molecule has 0 bridgehead atoms. The number of carboxylic acid groups (broad SMARTS) is 1. The lowest BCUT2D eigenvalue weighted by Crippen LogP contribution is -2.01. The third-order valence-corrected chi connectivity index (χ3v) is 4.32. The van der Waals surface area contributed by atoms with Gasteiger partial charge >= 0.3 is 5.97 Å². The number of aliphatic carboxylic acids is 1. The Morgan fingerprint density at radius 1 is 1.21 bits per heavy atom. The van der Waals surface area contributed by atoms with Crippen molar-refractivity contribution < 1.29 is 19.4 Å². The average molecular weight is 349 g/mol. The second-order valence-electron chi connectivity index (χ2n) is 5.36. The van der Waals surface area contributed by atoms with Crippen LogP contribution in [-0.4, -0.2) is 29.3 Å². The van der Waals surface area contributed by atoms with Crippen molar-refractivity contribution in [1.29, 1.82) is 0 Å². The summed E-state index contributed by atoms with van der Waals surface area (Å²) >= 11 is 1.43. The van der Waals surface area contributed by atoms with E-state index in [2.05, 4.69) is 11.9 Å². The Hall–Kier alpha value is -2.08. The molecule has 0 fully saturated rings. The molecule has 0 radical (unpaired) electrons. The topological polar surface area (TPSA) is 68.7 Å². The summed E-state index contributed by atoms with van der Waals surface area (Å²) in [7, 11) is 0. The summed E-state index contributed by atoms with van der Waals surface area (Å²) in [6.45, 7) is 5.32. The molecule has 2 aromatic rings. The fourth-order valence-corrected chi connectivity index (χ4v) is 3.06. The zero-order valence-electron chi connectivity index (χ0n) is 14.1. The first-order chi connectivity index (χ1) is 11.6. The Morgan fingerprint density at radius 2 is 2.04 bits per heavy atom. The minimum Gasteiger partial charge on any atom is -0.490 e. The zero-order chi connectivity index (χ0) is 17.4. The van der Waals surface area contributed by atoms with Crippen molar-refractivity contribution in [2.75, 3.05) is 13.2 Å². The number of hydrogen-bond acceptors (Lipinski definition) is 5. The highest BCUT2D eigenvalue weighted by Gasteiger charge is 2.12. The molecule has 0 saturated carbocycles. The summed E-state index contributed by atoms with van der Waals surface area (Å²) in [6, 6.07) is 5.73. The third-order valence-electron chi connectivity index (χ3n) is 3.38. The maximum Gasteiger partial charge on any atom is 0.309 e. The van der Waals surface area contributed by atoms with Crippen LogP contribution in [0.15, 0.2) is 23.6 Å². The van der Waals surface area contributed by atoms with Gasteiger partial charge in [0.15, 0.2) is 11.5 Å². The maximum atomic E-state index is 10.8. The Balaban J connectivity index is 2.14. The highest BCUT2D eigenvalue weighted by Crippen LogP contribution is 2.34. The van der Waals surface area contributed by atoms with Gasteiger partial charge < -0.3 is 14.6 Å². The van der Waals surface area contributed by atoms with E-state index >= 15 is 0 Å². The van der Waals surface area contributed by atoms with Gasteiger partial charge in [0.2, 0.25) is 0 Å². The smallest absolute Gasteiger partial charge is 0.309 e. The van der Waals surface area contributed by atoms with E-state index in [-0.39, 0.29) is 6.42 Å². The van der Waals surface area contributed by atoms with Crippen molar-refractivity contribution in [2.24, 2.45) is 0 Å². The van der Waals surface area contributed by atoms with Crippen molar-refractivity contribution >= 4 is 17.3 Å². The first-order valence-electron chi connectivity index (χ1n) is 8.20. The van der Waals surface area contributed by atoms with E-state index in [0.717, 1.165) is 35.6 Å². The lowest BCUT2D eigenvalue weighted by Gasteiger charge is -2.12. The van der Waals surface area contributed by atoms with Gasteiger partial charge in [0.1, 0.15) is 5.01 Å². The van der Waals surface area contributed by atoms with Crippen LogP contribution in [0.3, 0.4) is 0 Å². The van der Waals surface area contributed by atoms with E-state index in [9.17, 15) is 4.79 Å². The third kappa shape index (κ3) is 5.23. The number of nitrogens with zero attached hydrogens (tertiary/aromatic N) is 1. The Labute approximate surface area is 146 Å². The Morgan fingerprint density at radius 3 is 2.75 bits per heavy atom. The molecule has 0 amide bonds. The molecule has 1 aromatic carbocycles. The fraction of sp³-hybridized carbons (Fsp3) is 0.444. The molecule has 1 heterocycles. The molecule has 0 aliphatic carbocycles. The number of aromatic nitrogens is 1. The number of carbonyl (C=O) groups is 1. The predicted octanol–water partition coefficient (Wildman–Crippen LogP) is 4.40. The monoisotopic (exact) mass is 349 g/mol. The van der Waals surface area contributed by atoms with Crippen molar-refractivity contribution in [3.05, 3.63) is 29.3 Å². The van der Waals surface area contributed by atoms with Gasteiger partial charge in [-0.15, -0.1) is 11.3 Å². The van der Waals surface area contributed by atoms with E-state index in [1.54, 1.807) is 5.38 Å². The zero-order valence-corrected chi connectivity index (χ0v) is 14.9. The molecule has 1 N–H and O–H groups in total. The highest BCUT2D eigenvalue weighted by atomic mass is 32.1. The van der Waals surface area contributed by atoms with E-state index in [1.165, 1.54) is 11.3 Å². The number of rotatable bonds is 10. The minimum atomic E-state index is -0.877. The van der Waals surface area contributed by atoms with Gasteiger partial charge in [0, 0.05) is 10.9 Å². The number of benzene rings is 1. The molecule has 5 nitrogen and oxygen atoms in total. The van der Waals surface area contributed by atoms with E-state index in [0.29, 0.717) is 24.7 Å². The molecule has 6 heteroatoms. The first kappa shape index (κ1) is 18.3. The number of hydrogen-bond donors (Lipinski definition) is 1. The normalized spacial score (nSPS) is 10.6. The minimum absolute atomic E-state index is 0.0621. The molecule has 0 aliphatic rings. The predicted molar refractivity (Wildman–Crippen MR) is 95.1 cm³/mol. The van der Waals surface area contributed by atoms with Crippen molar-refractivity contribution in [3.63, 3.8) is 0 Å². The Kier molecular flexibility index (Phi) is 7.06. The lowest BCUT2D eigenvalue weighted by molar-refractivity contribution is -0.136. The van der Waals surface area contributed by atoms with E-state index in [4.69, 9.17) is 14.6 Å². The maximum absolute atomic E-state index is 10.8. The first-order valence-corrected chi connectivity index (χ1v) is 9.08. The number of thiazole rings is 1. The molecule has 130 valence electrons. The van der Waals surface area contributed by atoms with Gasteiger partial charge in [-0.05, 0) is 31.5 Å². The average Bonchev–Trinajstić information content (AvgIpc) is 3.00. The molecule has 0 unspecified atom stereocenters. The van der Waals surface area contributed by atoms with E-state index in [1.807, 2.05) is 25.1 Å². The van der Waals surface area contributed by atoms with Gasteiger partial charge in [0.05, 0.1) is 25.3 Å². The summed E-state index contributed by atoms with van der Waals surface area (Å²) < 4.78 is 11.5. The lowest BCUT2D eigenvalue weighted by atomic mass is 10.2. The van der Waals surface area contributed by atoms with Crippen molar-refractivity contribution in [2.45, 2.75) is 39.5 Å². The van der Waals surface area contributed by atoms with Crippen LogP contribution in [-0.2, 0) is 11.2 Å². The van der Waals surface area contributed by atoms with Crippen LogP contribution >= 0.6 is 11.3 Å². The fourth-order valence-electron chi connectivity index (χ4n) is 2.24. The number of ether oxygens (including phenoxy) is 2. The second kappa shape index (κ2) is 9.27. The molecular formula is C18H23NO4S. The van der Waals surface area contributed by atoms with Gasteiger partial charge in [-0.1, -0.05) is 19.8 Å².